The van der Waals surface area contributed by atoms with Crippen LogP contribution in [0.3, 0.4) is 0 Å². The van der Waals surface area contributed by atoms with Crippen LogP contribution in [0.5, 0.6) is 0 Å². The lowest BCUT2D eigenvalue weighted by atomic mass is 9.97. The summed E-state index contributed by atoms with van der Waals surface area (Å²) in [7, 11) is 1.79. The standard InChI is InChI=1S/C22H31N5OS.HI/c1-16-8-9-20(29-16)13-26-22(24-2)25-12-17-5-3-6-18(11-17)14-27-10-4-7-19(15-27)21(23)28;/h3,5-6,8-9,11,19H,4,7,10,12-15H2,1-2H3,(H2,23,28)(H2,24,25,26);1H. The van der Waals surface area contributed by atoms with Gasteiger partial charge in [0.25, 0.3) is 0 Å². The zero-order chi connectivity index (χ0) is 20.6. The van der Waals surface area contributed by atoms with Crippen LogP contribution in [0.4, 0.5) is 0 Å². The second kappa shape index (κ2) is 12.3. The van der Waals surface area contributed by atoms with E-state index in [-0.39, 0.29) is 35.8 Å². The van der Waals surface area contributed by atoms with Gasteiger partial charge in [0.15, 0.2) is 5.96 Å². The van der Waals surface area contributed by atoms with Gasteiger partial charge in [-0.05, 0) is 49.6 Å². The normalized spacial score (nSPS) is 17.3. The molecule has 164 valence electrons. The number of carbonyl (C=O) groups excluding carboxylic acids is 1. The SMILES string of the molecule is CN=C(NCc1cccc(CN2CCCC(C(N)=O)C2)c1)NCc1ccc(C)s1.I. The predicted molar refractivity (Wildman–Crippen MR) is 135 cm³/mol. The lowest BCUT2D eigenvalue weighted by Crippen LogP contribution is -2.40. The minimum atomic E-state index is -0.177. The molecule has 0 bridgehead atoms. The number of nitrogens with two attached hydrogens (primary N) is 1. The number of aryl methyl sites for hydroxylation is 1. The molecule has 1 aliphatic heterocycles. The molecule has 0 radical (unpaired) electrons. The molecule has 1 aromatic carbocycles. The Morgan fingerprint density at radius 2 is 2.00 bits per heavy atom. The Hall–Kier alpha value is -1.65. The minimum Gasteiger partial charge on any atom is -0.369 e. The highest BCUT2D eigenvalue weighted by atomic mass is 127. The predicted octanol–water partition coefficient (Wildman–Crippen LogP) is 3.24. The maximum atomic E-state index is 11.5. The van der Waals surface area contributed by atoms with Crippen LogP contribution in [0.25, 0.3) is 0 Å². The summed E-state index contributed by atoms with van der Waals surface area (Å²) in [6.45, 7) is 6.23. The molecule has 1 atom stereocenters. The van der Waals surface area contributed by atoms with Crippen molar-refractivity contribution >= 4 is 47.2 Å². The fourth-order valence-electron chi connectivity index (χ4n) is 3.68. The van der Waals surface area contributed by atoms with E-state index in [9.17, 15) is 4.79 Å². The van der Waals surface area contributed by atoms with Crippen molar-refractivity contribution in [1.29, 1.82) is 0 Å². The number of nitrogens with one attached hydrogen (secondary N) is 2. The van der Waals surface area contributed by atoms with Crippen LogP contribution in [0.1, 0.15) is 33.7 Å². The minimum absolute atomic E-state index is 0. The number of rotatable bonds is 7. The fraction of sp³-hybridized carbons (Fsp3) is 0.455. The Labute approximate surface area is 200 Å². The Kier molecular flexibility index (Phi) is 10.1. The number of amides is 1. The summed E-state index contributed by atoms with van der Waals surface area (Å²) in [5.74, 6) is 0.598. The van der Waals surface area contributed by atoms with E-state index in [0.29, 0.717) is 6.54 Å². The summed E-state index contributed by atoms with van der Waals surface area (Å²) in [6.07, 6.45) is 1.94. The van der Waals surface area contributed by atoms with E-state index in [0.717, 1.165) is 45.0 Å². The number of piperidine rings is 1. The number of hydrogen-bond acceptors (Lipinski definition) is 4. The molecule has 6 nitrogen and oxygen atoms in total. The molecule has 1 fully saturated rings. The Morgan fingerprint density at radius 3 is 2.70 bits per heavy atom. The van der Waals surface area contributed by atoms with Gasteiger partial charge in [-0.1, -0.05) is 24.3 Å². The van der Waals surface area contributed by atoms with Crippen molar-refractivity contribution in [3.63, 3.8) is 0 Å². The van der Waals surface area contributed by atoms with E-state index >= 15 is 0 Å². The van der Waals surface area contributed by atoms with Crippen LogP contribution in [0, 0.1) is 12.8 Å². The van der Waals surface area contributed by atoms with Crippen LogP contribution in [0.15, 0.2) is 41.4 Å². The van der Waals surface area contributed by atoms with Gasteiger partial charge in [0.05, 0.1) is 12.5 Å². The number of nitrogens with zero attached hydrogens (tertiary/aromatic N) is 2. The second-order valence-electron chi connectivity index (χ2n) is 7.59. The molecule has 30 heavy (non-hydrogen) atoms. The molecular formula is C22H32IN5OS. The number of thiophene rings is 1. The van der Waals surface area contributed by atoms with Crippen LogP contribution < -0.4 is 16.4 Å². The Bertz CT molecular complexity index is 854. The number of likely N-dealkylation sites (tertiary alicyclic amines) is 1. The zero-order valence-corrected chi connectivity index (χ0v) is 20.8. The van der Waals surface area contributed by atoms with Crippen molar-refractivity contribution in [1.82, 2.24) is 15.5 Å². The largest absolute Gasteiger partial charge is 0.369 e. The lowest BCUT2D eigenvalue weighted by Gasteiger charge is -2.31. The number of halogens is 1. The van der Waals surface area contributed by atoms with E-state index < -0.39 is 0 Å². The van der Waals surface area contributed by atoms with Gasteiger partial charge >= 0.3 is 0 Å². The maximum Gasteiger partial charge on any atom is 0.221 e. The molecule has 1 aliphatic rings. The van der Waals surface area contributed by atoms with E-state index in [1.165, 1.54) is 20.9 Å². The smallest absolute Gasteiger partial charge is 0.221 e. The number of benzene rings is 1. The van der Waals surface area contributed by atoms with Gasteiger partial charge in [0.2, 0.25) is 5.91 Å². The van der Waals surface area contributed by atoms with Crippen molar-refractivity contribution in [2.75, 3.05) is 20.1 Å². The van der Waals surface area contributed by atoms with E-state index in [1.807, 2.05) is 0 Å². The van der Waals surface area contributed by atoms with Gasteiger partial charge in [-0.15, -0.1) is 35.3 Å². The average molecular weight is 542 g/mol. The number of primary amides is 1. The molecule has 1 saturated heterocycles. The summed E-state index contributed by atoms with van der Waals surface area (Å²) in [5, 5.41) is 6.75. The first-order valence-electron chi connectivity index (χ1n) is 10.1. The quantitative estimate of drug-likeness (QED) is 0.286. The third kappa shape index (κ3) is 7.55. The topological polar surface area (TPSA) is 82.8 Å². The zero-order valence-electron chi connectivity index (χ0n) is 17.7. The molecule has 2 aromatic rings. The van der Waals surface area contributed by atoms with Gasteiger partial charge in [-0.25, -0.2) is 0 Å². The summed E-state index contributed by atoms with van der Waals surface area (Å²) < 4.78 is 0. The maximum absolute atomic E-state index is 11.5. The molecule has 1 aromatic heterocycles. The van der Waals surface area contributed by atoms with E-state index in [2.05, 4.69) is 63.8 Å². The van der Waals surface area contributed by atoms with E-state index in [1.54, 1.807) is 18.4 Å². The average Bonchev–Trinajstić information content (AvgIpc) is 3.14. The molecule has 8 heteroatoms. The highest BCUT2D eigenvalue weighted by Gasteiger charge is 2.23. The monoisotopic (exact) mass is 541 g/mol. The Balaban J connectivity index is 0.00000320. The highest BCUT2D eigenvalue weighted by molar-refractivity contribution is 14.0. The molecule has 0 aliphatic carbocycles. The summed E-state index contributed by atoms with van der Waals surface area (Å²) in [5.41, 5.74) is 7.97. The van der Waals surface area contributed by atoms with Crippen LogP contribution in [-0.2, 0) is 24.4 Å². The number of carbonyl (C=O) groups is 1. The van der Waals surface area contributed by atoms with Crippen LogP contribution in [0.2, 0.25) is 0 Å². The molecule has 0 spiro atoms. The molecular weight excluding hydrogens is 509 g/mol. The third-order valence-corrected chi connectivity index (χ3v) is 6.22. The molecule has 3 rings (SSSR count). The van der Waals surface area contributed by atoms with Crippen LogP contribution in [-0.4, -0.2) is 36.9 Å². The van der Waals surface area contributed by atoms with Crippen molar-refractivity contribution in [2.24, 2.45) is 16.6 Å². The van der Waals surface area contributed by atoms with Crippen molar-refractivity contribution in [3.8, 4) is 0 Å². The van der Waals surface area contributed by atoms with Gasteiger partial charge in [0, 0.05) is 36.4 Å². The Morgan fingerprint density at radius 1 is 1.23 bits per heavy atom. The molecule has 4 N–H and O–H groups in total. The lowest BCUT2D eigenvalue weighted by molar-refractivity contribution is -0.123. The van der Waals surface area contributed by atoms with Crippen molar-refractivity contribution in [3.05, 3.63) is 57.3 Å². The summed E-state index contributed by atoms with van der Waals surface area (Å²) >= 11 is 1.80. The molecule has 0 saturated carbocycles. The second-order valence-corrected chi connectivity index (χ2v) is 8.96. The van der Waals surface area contributed by atoms with Gasteiger partial charge in [-0.3, -0.25) is 14.7 Å². The first-order valence-corrected chi connectivity index (χ1v) is 10.9. The van der Waals surface area contributed by atoms with Crippen LogP contribution >= 0.6 is 35.3 Å². The van der Waals surface area contributed by atoms with E-state index in [4.69, 9.17) is 5.73 Å². The number of aliphatic imine (C=N–C) groups is 1. The van der Waals surface area contributed by atoms with Gasteiger partial charge in [0.1, 0.15) is 0 Å². The summed E-state index contributed by atoms with van der Waals surface area (Å²) in [6, 6.07) is 12.9. The first-order chi connectivity index (χ1) is 14.0. The molecule has 1 amide bonds. The molecule has 2 heterocycles. The van der Waals surface area contributed by atoms with Crippen molar-refractivity contribution in [2.45, 2.75) is 39.4 Å². The number of guanidine groups is 1. The number of hydrogen-bond donors (Lipinski definition) is 3. The third-order valence-electron chi connectivity index (χ3n) is 5.22. The highest BCUT2D eigenvalue weighted by Crippen LogP contribution is 2.19. The molecule has 1 unspecified atom stereocenters. The fourth-order valence-corrected chi connectivity index (χ4v) is 4.51. The van der Waals surface area contributed by atoms with Crippen molar-refractivity contribution < 1.29 is 4.79 Å². The first kappa shape index (κ1) is 24.6. The van der Waals surface area contributed by atoms with Gasteiger partial charge in [-0.2, -0.15) is 0 Å². The van der Waals surface area contributed by atoms with Gasteiger partial charge < -0.3 is 16.4 Å². The summed E-state index contributed by atoms with van der Waals surface area (Å²) in [4.78, 5) is 20.8.